The highest BCUT2D eigenvalue weighted by Gasteiger charge is 2.17. The van der Waals surface area contributed by atoms with Gasteiger partial charge in [0.15, 0.2) is 9.84 Å². The van der Waals surface area contributed by atoms with Crippen LogP contribution in [0.25, 0.3) is 0 Å². The smallest absolute Gasteiger partial charge is 0.175 e. The van der Waals surface area contributed by atoms with Gasteiger partial charge in [-0.05, 0) is 54.7 Å². The first-order valence-electron chi connectivity index (χ1n) is 8.15. The summed E-state index contributed by atoms with van der Waals surface area (Å²) in [5.41, 5.74) is 2.75. The third-order valence-electron chi connectivity index (χ3n) is 4.14. The topological polar surface area (TPSA) is 55.7 Å². The van der Waals surface area contributed by atoms with E-state index < -0.39 is 9.84 Å². The highest BCUT2D eigenvalue weighted by Crippen LogP contribution is 2.21. The van der Waals surface area contributed by atoms with Crippen LogP contribution >= 0.6 is 0 Å². The molecule has 4 nitrogen and oxygen atoms in total. The van der Waals surface area contributed by atoms with Crippen molar-refractivity contribution in [1.82, 2.24) is 0 Å². The first-order chi connectivity index (χ1) is 11.9. The van der Waals surface area contributed by atoms with Gasteiger partial charge < -0.3 is 4.74 Å². The molecule has 0 radical (unpaired) electrons. The summed E-state index contributed by atoms with van der Waals surface area (Å²) in [6.07, 6.45) is 3.60. The third-order valence-corrected chi connectivity index (χ3v) is 5.26. The lowest BCUT2D eigenvalue weighted by molar-refractivity contribution is 0.0373. The Hall–Kier alpha value is -2.05. The Kier molecular flexibility index (Phi) is 5.30. The van der Waals surface area contributed by atoms with Crippen molar-refractivity contribution in [1.29, 1.82) is 0 Å². The summed E-state index contributed by atoms with van der Waals surface area (Å²) < 4.78 is 41.8. The van der Waals surface area contributed by atoms with Gasteiger partial charge in [-0.1, -0.05) is 24.3 Å². The molecule has 1 aliphatic rings. The number of aliphatic imine (C=N–C) groups is 1. The van der Waals surface area contributed by atoms with Gasteiger partial charge in [0, 0.05) is 12.0 Å². The zero-order valence-electron chi connectivity index (χ0n) is 14.0. The fourth-order valence-electron chi connectivity index (χ4n) is 2.75. The van der Waals surface area contributed by atoms with Gasteiger partial charge >= 0.3 is 0 Å². The van der Waals surface area contributed by atoms with Gasteiger partial charge in [-0.25, -0.2) is 12.8 Å². The molecule has 3 rings (SSSR count). The second kappa shape index (κ2) is 7.45. The highest BCUT2D eigenvalue weighted by atomic mass is 32.2. The van der Waals surface area contributed by atoms with E-state index in [2.05, 4.69) is 4.99 Å². The summed E-state index contributed by atoms with van der Waals surface area (Å²) in [5.74, 6) is -0.265. The van der Waals surface area contributed by atoms with E-state index in [0.717, 1.165) is 36.1 Å². The van der Waals surface area contributed by atoms with Crippen LogP contribution in [0.4, 0.5) is 4.39 Å². The van der Waals surface area contributed by atoms with E-state index in [1.807, 2.05) is 0 Å². The van der Waals surface area contributed by atoms with Gasteiger partial charge in [0.05, 0.1) is 11.5 Å². The molecule has 25 heavy (non-hydrogen) atoms. The summed E-state index contributed by atoms with van der Waals surface area (Å²) in [6, 6.07) is 13.0. The predicted molar refractivity (Wildman–Crippen MR) is 94.9 cm³/mol. The minimum Gasteiger partial charge on any atom is -0.352 e. The molecular weight excluding hydrogens is 341 g/mol. The number of hydrogen-bond acceptors (Lipinski definition) is 4. The van der Waals surface area contributed by atoms with Crippen molar-refractivity contribution < 1.29 is 17.5 Å². The number of nitrogens with zero attached hydrogens (tertiary/aromatic N) is 1. The molecule has 0 fully saturated rings. The lowest BCUT2D eigenvalue weighted by atomic mass is 10.0. The monoisotopic (exact) mass is 361 g/mol. The normalized spacial score (nSPS) is 18.0. The number of benzene rings is 2. The van der Waals surface area contributed by atoms with Crippen LogP contribution in [0, 0.1) is 5.82 Å². The second-order valence-corrected chi connectivity index (χ2v) is 8.17. The molecule has 1 atom stereocenters. The number of ether oxygens (including phenoxy) is 1. The van der Waals surface area contributed by atoms with Crippen molar-refractivity contribution in [2.75, 3.05) is 6.26 Å². The Labute approximate surface area is 147 Å². The van der Waals surface area contributed by atoms with Crippen LogP contribution in [0.3, 0.4) is 0 Å². The van der Waals surface area contributed by atoms with E-state index in [4.69, 9.17) is 4.74 Å². The van der Waals surface area contributed by atoms with Crippen LogP contribution in [-0.4, -0.2) is 26.6 Å². The maximum Gasteiger partial charge on any atom is 0.175 e. The maximum absolute atomic E-state index is 12.9. The molecular formula is C19H20FNO3S. The molecule has 0 saturated heterocycles. The molecule has 2 aromatic carbocycles. The number of hydrogen-bond donors (Lipinski definition) is 0. The maximum atomic E-state index is 12.9. The van der Waals surface area contributed by atoms with Crippen LogP contribution in [0.2, 0.25) is 0 Å². The molecule has 0 N–H and O–H groups in total. The summed E-state index contributed by atoms with van der Waals surface area (Å²) in [4.78, 5) is 4.95. The average molecular weight is 361 g/mol. The van der Waals surface area contributed by atoms with Gasteiger partial charge in [0.2, 0.25) is 0 Å². The quantitative estimate of drug-likeness (QED) is 0.815. The number of rotatable bonds is 5. The SMILES string of the molecule is CS(=O)(=O)c1ccc(C2=NC(OCc3ccc(F)cc3)CCC2)cc1. The van der Waals surface area contributed by atoms with Gasteiger partial charge in [-0.15, -0.1) is 0 Å². The van der Waals surface area contributed by atoms with E-state index in [1.54, 1.807) is 36.4 Å². The molecule has 6 heteroatoms. The minimum absolute atomic E-state index is 0.233. The molecule has 0 aliphatic carbocycles. The summed E-state index contributed by atoms with van der Waals surface area (Å²) in [7, 11) is -3.19. The van der Waals surface area contributed by atoms with Crippen LogP contribution in [0.5, 0.6) is 0 Å². The molecule has 0 bridgehead atoms. The molecule has 0 spiro atoms. The van der Waals surface area contributed by atoms with Gasteiger partial charge in [0.25, 0.3) is 0 Å². The molecule has 1 aliphatic heterocycles. The first kappa shape index (κ1) is 17.8. The molecule has 0 aromatic heterocycles. The largest absolute Gasteiger partial charge is 0.352 e. The summed E-state index contributed by atoms with van der Waals surface area (Å²) >= 11 is 0. The molecule has 132 valence electrons. The van der Waals surface area contributed by atoms with Gasteiger partial charge in [-0.3, -0.25) is 4.99 Å². The van der Waals surface area contributed by atoms with Gasteiger partial charge in [0.1, 0.15) is 12.0 Å². The van der Waals surface area contributed by atoms with Crippen molar-refractivity contribution in [3.63, 3.8) is 0 Å². The fraction of sp³-hybridized carbons (Fsp3) is 0.316. The second-order valence-electron chi connectivity index (χ2n) is 6.16. The Bertz CT molecular complexity index is 859. The van der Waals surface area contributed by atoms with Crippen molar-refractivity contribution in [3.05, 3.63) is 65.5 Å². The Morgan fingerprint density at radius 3 is 2.44 bits per heavy atom. The molecule has 1 heterocycles. The van der Waals surface area contributed by atoms with Crippen molar-refractivity contribution in [3.8, 4) is 0 Å². The predicted octanol–water partition coefficient (Wildman–Crippen LogP) is 3.75. The van der Waals surface area contributed by atoms with Crippen molar-refractivity contribution >= 4 is 15.5 Å². The van der Waals surface area contributed by atoms with Crippen molar-refractivity contribution in [2.45, 2.75) is 37.0 Å². The zero-order valence-corrected chi connectivity index (χ0v) is 14.8. The van der Waals surface area contributed by atoms with Crippen LogP contribution in [0.1, 0.15) is 30.4 Å². The number of sulfone groups is 1. The molecule has 2 aromatic rings. The van der Waals surface area contributed by atoms with Crippen LogP contribution in [-0.2, 0) is 21.2 Å². The molecule has 0 saturated carbocycles. The Morgan fingerprint density at radius 2 is 1.80 bits per heavy atom. The van der Waals surface area contributed by atoms with Crippen molar-refractivity contribution in [2.24, 2.45) is 4.99 Å². The molecule has 1 unspecified atom stereocenters. The third kappa shape index (κ3) is 4.74. The zero-order chi connectivity index (χ0) is 17.9. The van der Waals surface area contributed by atoms with E-state index in [0.29, 0.717) is 11.5 Å². The van der Waals surface area contributed by atoms with E-state index in [1.165, 1.54) is 18.4 Å². The first-order valence-corrected chi connectivity index (χ1v) is 10.0. The van der Waals surface area contributed by atoms with Crippen LogP contribution in [0.15, 0.2) is 58.4 Å². The summed E-state index contributed by atoms with van der Waals surface area (Å²) in [6.45, 7) is 0.384. The average Bonchev–Trinajstić information content (AvgIpc) is 2.61. The Balaban J connectivity index is 1.68. The standard InChI is InChI=1S/C19H20FNO3S/c1-25(22,23)17-11-7-15(8-12-17)18-3-2-4-19(21-18)24-13-14-5-9-16(20)10-6-14/h5-12,19H,2-4,13H2,1H3. The lowest BCUT2D eigenvalue weighted by Gasteiger charge is -2.21. The van der Waals surface area contributed by atoms with Gasteiger partial charge in [-0.2, -0.15) is 0 Å². The summed E-state index contributed by atoms with van der Waals surface area (Å²) in [5, 5.41) is 0. The Morgan fingerprint density at radius 1 is 1.12 bits per heavy atom. The lowest BCUT2D eigenvalue weighted by Crippen LogP contribution is -2.19. The van der Waals surface area contributed by atoms with E-state index in [-0.39, 0.29) is 12.0 Å². The highest BCUT2D eigenvalue weighted by molar-refractivity contribution is 7.90. The molecule has 0 amide bonds. The number of halogens is 1. The fourth-order valence-corrected chi connectivity index (χ4v) is 3.38. The van der Waals surface area contributed by atoms with E-state index in [9.17, 15) is 12.8 Å². The van der Waals surface area contributed by atoms with E-state index >= 15 is 0 Å². The minimum atomic E-state index is -3.19. The van der Waals surface area contributed by atoms with Crippen LogP contribution < -0.4 is 0 Å².